The van der Waals surface area contributed by atoms with Crippen LogP contribution >= 0.6 is 11.8 Å². The number of benzene rings is 2. The Balaban J connectivity index is 1.64. The van der Waals surface area contributed by atoms with Gasteiger partial charge < -0.3 is 10.6 Å². The summed E-state index contributed by atoms with van der Waals surface area (Å²) >= 11 is 1.07. The SMILES string of the molecule is CC(=O)c1cccc(NC(=O)CSc2ncc(C(=O)Nc3ccc(C)cc3)c(=O)n2C)c1. The van der Waals surface area contributed by atoms with Crippen LogP contribution in [0.25, 0.3) is 0 Å². The lowest BCUT2D eigenvalue weighted by atomic mass is 10.1. The number of hydrogen-bond acceptors (Lipinski definition) is 6. The van der Waals surface area contributed by atoms with E-state index in [0.717, 1.165) is 17.3 Å². The first-order chi connectivity index (χ1) is 15.2. The highest BCUT2D eigenvalue weighted by molar-refractivity contribution is 7.99. The summed E-state index contributed by atoms with van der Waals surface area (Å²) in [6.07, 6.45) is 1.21. The van der Waals surface area contributed by atoms with Crippen LogP contribution in [0.15, 0.2) is 64.7 Å². The highest BCUT2D eigenvalue weighted by atomic mass is 32.2. The molecule has 3 aromatic rings. The van der Waals surface area contributed by atoms with Crippen molar-refractivity contribution >= 4 is 40.7 Å². The number of nitrogens with zero attached hydrogens (tertiary/aromatic N) is 2. The third-order valence-corrected chi connectivity index (χ3v) is 5.61. The van der Waals surface area contributed by atoms with Crippen LogP contribution in [0.4, 0.5) is 11.4 Å². The summed E-state index contributed by atoms with van der Waals surface area (Å²) < 4.78 is 1.23. The first-order valence-electron chi connectivity index (χ1n) is 9.72. The molecule has 0 aliphatic heterocycles. The summed E-state index contributed by atoms with van der Waals surface area (Å²) in [7, 11) is 1.49. The number of ketones is 1. The summed E-state index contributed by atoms with van der Waals surface area (Å²) in [6.45, 7) is 3.39. The number of Topliss-reactive ketones (excluding diaryl/α,β-unsaturated/α-hetero) is 1. The normalized spacial score (nSPS) is 10.5. The zero-order chi connectivity index (χ0) is 23.3. The van der Waals surface area contributed by atoms with Crippen LogP contribution in [0.1, 0.15) is 33.2 Å². The summed E-state index contributed by atoms with van der Waals surface area (Å²) in [6, 6.07) is 13.8. The van der Waals surface area contributed by atoms with Gasteiger partial charge in [-0.1, -0.05) is 41.6 Å². The van der Waals surface area contributed by atoms with Gasteiger partial charge in [-0.2, -0.15) is 0 Å². The molecular formula is C23H22N4O4S. The van der Waals surface area contributed by atoms with Crippen LogP contribution in [0.3, 0.4) is 0 Å². The second kappa shape index (κ2) is 10.1. The zero-order valence-electron chi connectivity index (χ0n) is 17.8. The molecule has 0 fully saturated rings. The second-order valence-electron chi connectivity index (χ2n) is 7.11. The molecule has 8 nitrogen and oxygen atoms in total. The van der Waals surface area contributed by atoms with Crippen molar-refractivity contribution in [1.82, 2.24) is 9.55 Å². The van der Waals surface area contributed by atoms with E-state index in [1.807, 2.05) is 19.1 Å². The van der Waals surface area contributed by atoms with Gasteiger partial charge in [0.05, 0.1) is 5.75 Å². The van der Waals surface area contributed by atoms with Crippen molar-refractivity contribution in [3.05, 3.63) is 81.8 Å². The van der Waals surface area contributed by atoms with Gasteiger partial charge in [0.2, 0.25) is 5.91 Å². The number of aromatic nitrogens is 2. The van der Waals surface area contributed by atoms with Gasteiger partial charge in [0.1, 0.15) is 5.56 Å². The fraction of sp³-hybridized carbons (Fsp3) is 0.174. The molecule has 0 saturated heterocycles. The number of aryl methyl sites for hydroxylation is 1. The van der Waals surface area contributed by atoms with Crippen molar-refractivity contribution in [3.63, 3.8) is 0 Å². The topological polar surface area (TPSA) is 110 Å². The second-order valence-corrected chi connectivity index (χ2v) is 8.06. The van der Waals surface area contributed by atoms with Crippen LogP contribution < -0.4 is 16.2 Å². The van der Waals surface area contributed by atoms with Crippen molar-refractivity contribution in [1.29, 1.82) is 0 Å². The molecule has 0 bridgehead atoms. The highest BCUT2D eigenvalue weighted by Crippen LogP contribution is 2.16. The molecule has 0 atom stereocenters. The van der Waals surface area contributed by atoms with Gasteiger partial charge in [-0.15, -0.1) is 0 Å². The van der Waals surface area contributed by atoms with E-state index >= 15 is 0 Å². The molecule has 32 heavy (non-hydrogen) atoms. The predicted molar refractivity (Wildman–Crippen MR) is 124 cm³/mol. The molecule has 2 amide bonds. The molecule has 3 rings (SSSR count). The Kier molecular flexibility index (Phi) is 7.21. The lowest BCUT2D eigenvalue weighted by Crippen LogP contribution is -2.29. The molecule has 1 heterocycles. The van der Waals surface area contributed by atoms with E-state index in [9.17, 15) is 19.2 Å². The Bertz CT molecular complexity index is 1240. The molecule has 164 valence electrons. The van der Waals surface area contributed by atoms with Crippen molar-refractivity contribution in [2.45, 2.75) is 19.0 Å². The summed E-state index contributed by atoms with van der Waals surface area (Å²) in [5.74, 6) is -0.964. The summed E-state index contributed by atoms with van der Waals surface area (Å²) in [4.78, 5) is 53.0. The predicted octanol–water partition coefficient (Wildman–Crippen LogP) is 3.27. The number of hydrogen-bond donors (Lipinski definition) is 2. The van der Waals surface area contributed by atoms with E-state index in [2.05, 4.69) is 15.6 Å². The van der Waals surface area contributed by atoms with E-state index in [1.54, 1.807) is 36.4 Å². The molecule has 0 unspecified atom stereocenters. The number of carbonyl (C=O) groups is 3. The lowest BCUT2D eigenvalue weighted by molar-refractivity contribution is -0.113. The van der Waals surface area contributed by atoms with Gasteiger partial charge in [-0.25, -0.2) is 4.98 Å². The van der Waals surface area contributed by atoms with Gasteiger partial charge in [0, 0.05) is 30.2 Å². The van der Waals surface area contributed by atoms with Crippen LogP contribution in [0, 0.1) is 6.92 Å². The van der Waals surface area contributed by atoms with Crippen LogP contribution in [-0.2, 0) is 11.8 Å². The van der Waals surface area contributed by atoms with Crippen molar-refractivity contribution < 1.29 is 14.4 Å². The first kappa shape index (κ1) is 23.0. The minimum Gasteiger partial charge on any atom is -0.325 e. The maximum atomic E-state index is 12.6. The van der Waals surface area contributed by atoms with E-state index in [0.29, 0.717) is 22.1 Å². The van der Waals surface area contributed by atoms with Gasteiger partial charge in [0.15, 0.2) is 10.9 Å². The number of thioether (sulfide) groups is 1. The minimum atomic E-state index is -0.554. The quantitative estimate of drug-likeness (QED) is 0.325. The molecule has 0 aliphatic rings. The number of nitrogens with one attached hydrogen (secondary N) is 2. The van der Waals surface area contributed by atoms with Crippen molar-refractivity contribution in [2.24, 2.45) is 7.05 Å². The Labute approximate surface area is 189 Å². The lowest BCUT2D eigenvalue weighted by Gasteiger charge is -2.10. The zero-order valence-corrected chi connectivity index (χ0v) is 18.7. The van der Waals surface area contributed by atoms with Crippen LogP contribution in [0.5, 0.6) is 0 Å². The third-order valence-electron chi connectivity index (χ3n) is 4.57. The van der Waals surface area contributed by atoms with Crippen molar-refractivity contribution in [2.75, 3.05) is 16.4 Å². The monoisotopic (exact) mass is 450 g/mol. The Morgan fingerprint density at radius 3 is 2.44 bits per heavy atom. The average molecular weight is 451 g/mol. The summed E-state index contributed by atoms with van der Waals surface area (Å²) in [5, 5.41) is 5.69. The fourth-order valence-electron chi connectivity index (χ4n) is 2.80. The molecular weight excluding hydrogens is 428 g/mol. The average Bonchev–Trinajstić information content (AvgIpc) is 2.76. The Morgan fingerprint density at radius 2 is 1.75 bits per heavy atom. The summed E-state index contributed by atoms with van der Waals surface area (Å²) in [5.41, 5.74) is 2.03. The Morgan fingerprint density at radius 1 is 1.03 bits per heavy atom. The largest absolute Gasteiger partial charge is 0.325 e. The maximum absolute atomic E-state index is 12.6. The Hall–Kier alpha value is -3.72. The molecule has 2 N–H and O–H groups in total. The minimum absolute atomic E-state index is 0.000507. The smallest absolute Gasteiger partial charge is 0.266 e. The molecule has 9 heteroatoms. The van der Waals surface area contributed by atoms with E-state index in [4.69, 9.17) is 0 Å². The van der Waals surface area contributed by atoms with Gasteiger partial charge in [-0.3, -0.25) is 23.7 Å². The van der Waals surface area contributed by atoms with Crippen molar-refractivity contribution in [3.8, 4) is 0 Å². The van der Waals surface area contributed by atoms with Crippen LogP contribution in [-0.4, -0.2) is 32.9 Å². The molecule has 2 aromatic carbocycles. The molecule has 1 aromatic heterocycles. The standard InChI is InChI=1S/C23H22N4O4S/c1-14-7-9-17(10-8-14)26-21(30)19-12-24-23(27(3)22(19)31)32-13-20(29)25-18-6-4-5-16(11-18)15(2)28/h4-12H,13H2,1-3H3,(H,25,29)(H,26,30). The number of carbonyl (C=O) groups excluding carboxylic acids is 3. The number of anilines is 2. The van der Waals surface area contributed by atoms with Gasteiger partial charge in [-0.05, 0) is 38.1 Å². The fourth-order valence-corrected chi connectivity index (χ4v) is 3.53. The van der Waals surface area contributed by atoms with E-state index in [1.165, 1.54) is 24.7 Å². The first-order valence-corrected chi connectivity index (χ1v) is 10.7. The van der Waals surface area contributed by atoms with Gasteiger partial charge >= 0.3 is 0 Å². The molecule has 0 radical (unpaired) electrons. The highest BCUT2D eigenvalue weighted by Gasteiger charge is 2.16. The molecule has 0 aliphatic carbocycles. The van der Waals surface area contributed by atoms with Crippen LogP contribution in [0.2, 0.25) is 0 Å². The number of amides is 2. The molecule has 0 saturated carbocycles. The molecule has 0 spiro atoms. The number of rotatable bonds is 7. The van der Waals surface area contributed by atoms with Gasteiger partial charge in [0.25, 0.3) is 11.5 Å². The third kappa shape index (κ3) is 5.70. The van der Waals surface area contributed by atoms with E-state index < -0.39 is 11.5 Å². The maximum Gasteiger partial charge on any atom is 0.266 e. The van der Waals surface area contributed by atoms with E-state index in [-0.39, 0.29) is 23.0 Å².